The van der Waals surface area contributed by atoms with Crippen molar-refractivity contribution in [1.82, 2.24) is 0 Å². The zero-order chi connectivity index (χ0) is 8.81. The maximum atomic E-state index is 10.9. The van der Waals surface area contributed by atoms with Crippen LogP contribution in [-0.4, -0.2) is 25.3 Å². The van der Waals surface area contributed by atoms with Crippen molar-refractivity contribution in [3.8, 4) is 0 Å². The molecule has 1 fully saturated rings. The lowest BCUT2D eigenvalue weighted by atomic mass is 10.2. The number of carbonyl (C=O) groups excluding carboxylic acids is 1. The number of carbonyl (C=O) groups is 1. The number of esters is 1. The summed E-state index contributed by atoms with van der Waals surface area (Å²) in [6.07, 6.45) is 3.84. The lowest BCUT2D eigenvalue weighted by Crippen LogP contribution is -2.18. The summed E-state index contributed by atoms with van der Waals surface area (Å²) in [5.41, 5.74) is 0. The molecule has 0 amide bonds. The molecule has 1 aliphatic heterocycles. The molecule has 1 aliphatic rings. The third kappa shape index (κ3) is 2.81. The van der Waals surface area contributed by atoms with Gasteiger partial charge >= 0.3 is 5.97 Å². The van der Waals surface area contributed by atoms with Crippen molar-refractivity contribution in [3.63, 3.8) is 0 Å². The van der Waals surface area contributed by atoms with E-state index in [1.54, 1.807) is 0 Å². The van der Waals surface area contributed by atoms with Crippen molar-refractivity contribution in [2.45, 2.75) is 38.7 Å². The Labute approximate surface area is 73.0 Å². The molecule has 0 aromatic heterocycles. The van der Waals surface area contributed by atoms with Gasteiger partial charge in [0.15, 0.2) is 6.10 Å². The van der Waals surface area contributed by atoms with Gasteiger partial charge in [0, 0.05) is 13.0 Å². The first-order chi connectivity index (χ1) is 5.84. The second-order valence-electron chi connectivity index (χ2n) is 3.02. The number of ether oxygens (including phenoxy) is 2. The van der Waals surface area contributed by atoms with Crippen LogP contribution in [0.3, 0.4) is 0 Å². The fourth-order valence-corrected chi connectivity index (χ4v) is 1.21. The fraction of sp³-hybridized carbons (Fsp3) is 0.889. The molecule has 0 saturated carbocycles. The van der Waals surface area contributed by atoms with Gasteiger partial charge in [-0.2, -0.15) is 0 Å². The highest BCUT2D eigenvalue weighted by Crippen LogP contribution is 2.10. The van der Waals surface area contributed by atoms with Crippen LogP contribution in [0.25, 0.3) is 0 Å². The first kappa shape index (κ1) is 9.52. The summed E-state index contributed by atoms with van der Waals surface area (Å²) in [5, 5.41) is 0. The predicted octanol–water partition coefficient (Wildman–Crippen LogP) is 1.51. The molecule has 1 unspecified atom stereocenters. The minimum atomic E-state index is -0.276. The average Bonchev–Trinajstić information content (AvgIpc) is 2.46. The molecule has 1 heterocycles. The molecule has 3 heteroatoms. The molecule has 0 aromatic carbocycles. The predicted molar refractivity (Wildman–Crippen MR) is 44.8 cm³/mol. The monoisotopic (exact) mass is 172 g/mol. The van der Waals surface area contributed by atoms with Gasteiger partial charge in [0.05, 0.1) is 6.61 Å². The van der Waals surface area contributed by atoms with Crippen LogP contribution in [0.15, 0.2) is 0 Å². The van der Waals surface area contributed by atoms with Gasteiger partial charge in [-0.15, -0.1) is 0 Å². The van der Waals surface area contributed by atoms with Gasteiger partial charge in [-0.25, -0.2) is 4.79 Å². The Balaban J connectivity index is 2.02. The van der Waals surface area contributed by atoms with Crippen molar-refractivity contribution in [3.05, 3.63) is 0 Å². The lowest BCUT2D eigenvalue weighted by Gasteiger charge is -2.06. The summed E-state index contributed by atoms with van der Waals surface area (Å²) in [7, 11) is 0. The summed E-state index contributed by atoms with van der Waals surface area (Å²) >= 11 is 0. The average molecular weight is 172 g/mol. The van der Waals surface area contributed by atoms with Crippen molar-refractivity contribution < 1.29 is 14.3 Å². The van der Waals surface area contributed by atoms with E-state index in [0.717, 1.165) is 12.8 Å². The summed E-state index contributed by atoms with van der Waals surface area (Å²) in [4.78, 5) is 10.9. The molecule has 0 bridgehead atoms. The van der Waals surface area contributed by atoms with Crippen LogP contribution in [-0.2, 0) is 14.3 Å². The highest BCUT2D eigenvalue weighted by Gasteiger charge is 2.26. The van der Waals surface area contributed by atoms with Gasteiger partial charge in [-0.3, -0.25) is 0 Å². The lowest BCUT2D eigenvalue weighted by molar-refractivity contribution is -0.147. The molecule has 70 valence electrons. The van der Waals surface area contributed by atoms with Crippen LogP contribution in [0.2, 0.25) is 0 Å². The quantitative estimate of drug-likeness (QED) is 0.466. The Hall–Kier alpha value is -0.570. The molecule has 1 saturated heterocycles. The summed E-state index contributed by atoms with van der Waals surface area (Å²) in [5.74, 6) is -0.188. The second-order valence-corrected chi connectivity index (χ2v) is 3.02. The number of hydrogen-bond donors (Lipinski definition) is 0. The third-order valence-electron chi connectivity index (χ3n) is 1.95. The van der Waals surface area contributed by atoms with Gasteiger partial charge in [0.2, 0.25) is 0 Å². The topological polar surface area (TPSA) is 35.5 Å². The van der Waals surface area contributed by atoms with E-state index >= 15 is 0 Å². The summed E-state index contributed by atoms with van der Waals surface area (Å²) in [6, 6.07) is 0. The van der Waals surface area contributed by atoms with E-state index in [1.165, 1.54) is 12.8 Å². The molecule has 1 rings (SSSR count). The zero-order valence-electron chi connectivity index (χ0n) is 7.54. The van der Waals surface area contributed by atoms with E-state index in [2.05, 4.69) is 6.92 Å². The normalized spacial score (nSPS) is 22.8. The van der Waals surface area contributed by atoms with Crippen molar-refractivity contribution in [1.29, 1.82) is 0 Å². The second kappa shape index (κ2) is 5.14. The standard InChI is InChI=1S/C9H16O3/c1-2-3-4-6-11-8-5-7-12-9(8)10/h8H,2-7H2,1H3. The number of hydrogen-bond acceptors (Lipinski definition) is 3. The summed E-state index contributed by atoms with van der Waals surface area (Å²) < 4.78 is 10.1. The molecular weight excluding hydrogens is 156 g/mol. The molecule has 0 aromatic rings. The number of rotatable bonds is 5. The third-order valence-corrected chi connectivity index (χ3v) is 1.95. The van der Waals surface area contributed by atoms with Gasteiger partial charge in [0.1, 0.15) is 0 Å². The minimum absolute atomic E-state index is 0.188. The van der Waals surface area contributed by atoms with E-state index in [-0.39, 0.29) is 12.1 Å². The SMILES string of the molecule is CCCCCOC1CCOC1=O. The smallest absolute Gasteiger partial charge is 0.335 e. The van der Waals surface area contributed by atoms with Crippen LogP contribution in [0, 0.1) is 0 Å². The Morgan fingerprint density at radius 1 is 1.58 bits per heavy atom. The van der Waals surface area contributed by atoms with Gasteiger partial charge < -0.3 is 9.47 Å². The molecular formula is C9H16O3. The maximum absolute atomic E-state index is 10.9. The zero-order valence-corrected chi connectivity index (χ0v) is 7.54. The Morgan fingerprint density at radius 3 is 3.00 bits per heavy atom. The molecule has 12 heavy (non-hydrogen) atoms. The van der Waals surface area contributed by atoms with Crippen molar-refractivity contribution in [2.24, 2.45) is 0 Å². The Bertz CT molecular complexity index is 145. The van der Waals surface area contributed by atoms with Crippen molar-refractivity contribution >= 4 is 5.97 Å². The molecule has 0 spiro atoms. The largest absolute Gasteiger partial charge is 0.464 e. The number of cyclic esters (lactones) is 1. The Morgan fingerprint density at radius 2 is 2.42 bits per heavy atom. The van der Waals surface area contributed by atoms with E-state index in [0.29, 0.717) is 13.2 Å². The molecule has 0 N–H and O–H groups in total. The van der Waals surface area contributed by atoms with Crippen LogP contribution in [0.1, 0.15) is 32.6 Å². The van der Waals surface area contributed by atoms with E-state index in [1.807, 2.05) is 0 Å². The highest BCUT2D eigenvalue weighted by atomic mass is 16.6. The van der Waals surface area contributed by atoms with Crippen LogP contribution in [0.4, 0.5) is 0 Å². The van der Waals surface area contributed by atoms with E-state index in [9.17, 15) is 4.79 Å². The van der Waals surface area contributed by atoms with Gasteiger partial charge in [0.25, 0.3) is 0 Å². The Kier molecular flexibility index (Phi) is 4.08. The first-order valence-electron chi connectivity index (χ1n) is 4.63. The van der Waals surface area contributed by atoms with Crippen LogP contribution >= 0.6 is 0 Å². The molecule has 0 radical (unpaired) electrons. The molecule has 3 nitrogen and oxygen atoms in total. The van der Waals surface area contributed by atoms with E-state index < -0.39 is 0 Å². The van der Waals surface area contributed by atoms with Crippen LogP contribution in [0.5, 0.6) is 0 Å². The molecule has 1 atom stereocenters. The molecule has 0 aliphatic carbocycles. The maximum Gasteiger partial charge on any atom is 0.335 e. The minimum Gasteiger partial charge on any atom is -0.464 e. The number of unbranched alkanes of at least 4 members (excludes halogenated alkanes) is 2. The summed E-state index contributed by atoms with van der Waals surface area (Å²) in [6.45, 7) is 3.36. The highest BCUT2D eigenvalue weighted by molar-refractivity contribution is 5.76. The van der Waals surface area contributed by atoms with Gasteiger partial charge in [-0.05, 0) is 6.42 Å². The fourth-order valence-electron chi connectivity index (χ4n) is 1.21. The first-order valence-corrected chi connectivity index (χ1v) is 4.63. The van der Waals surface area contributed by atoms with Crippen LogP contribution < -0.4 is 0 Å². The van der Waals surface area contributed by atoms with E-state index in [4.69, 9.17) is 9.47 Å². The van der Waals surface area contributed by atoms with Gasteiger partial charge in [-0.1, -0.05) is 19.8 Å². The van der Waals surface area contributed by atoms with Crippen molar-refractivity contribution in [2.75, 3.05) is 13.2 Å².